The molecule has 4 aliphatic rings. The molecular weight excluding hydrogens is 596 g/mol. The number of carbonyl (C=O) groups excluding carboxylic acids is 4. The molecule has 7 atom stereocenters. The summed E-state index contributed by atoms with van der Waals surface area (Å²) >= 11 is 0. The zero-order chi connectivity index (χ0) is 35.0. The van der Waals surface area contributed by atoms with Gasteiger partial charge in [-0.1, -0.05) is 20.8 Å². The van der Waals surface area contributed by atoms with Crippen LogP contribution in [0, 0.1) is 34.0 Å². The van der Waals surface area contributed by atoms with Gasteiger partial charge in [0, 0.05) is 18.3 Å². The smallest absolute Gasteiger partial charge is 0.313 e. The Balaban J connectivity index is 0.000000244. The number of carboxylic acid groups (broad SMARTS) is 1. The Morgan fingerprint density at radius 2 is 1.39 bits per heavy atom. The van der Waals surface area contributed by atoms with Gasteiger partial charge < -0.3 is 28.8 Å². The van der Waals surface area contributed by atoms with Crippen LogP contribution in [0.1, 0.15) is 127 Å². The van der Waals surface area contributed by atoms with Crippen molar-refractivity contribution in [2.75, 3.05) is 6.61 Å². The Bertz CT molecular complexity index is 1070. The standard InChI is InChI=1S/C14H20O4.C11H20O3.C10H18O4/c1-4-14(2,3)13(16)18-10-7-5-8-9(6-7)12(15)17-11(8)10;1-4-11(2,3)10(12)14-9-7-5-6-8-13-9;1-5-10(3,4)9(13)14-7(2)6-8(11)12/h7-11H,4-6H2,1-3H3;9H,4-8H2,1-3H3;7H,5-6H2,1-4H3,(H,11,12). The zero-order valence-corrected chi connectivity index (χ0v) is 29.6. The molecule has 264 valence electrons. The minimum Gasteiger partial charge on any atom is -0.481 e. The van der Waals surface area contributed by atoms with Crippen molar-refractivity contribution in [2.45, 2.75) is 152 Å². The van der Waals surface area contributed by atoms with E-state index in [9.17, 15) is 24.0 Å². The first-order valence-electron chi connectivity index (χ1n) is 17.0. The van der Waals surface area contributed by atoms with E-state index >= 15 is 0 Å². The van der Waals surface area contributed by atoms with Crippen molar-refractivity contribution in [2.24, 2.45) is 34.0 Å². The molecule has 11 nitrogen and oxygen atoms in total. The monoisotopic (exact) mass is 654 g/mol. The quantitative estimate of drug-likeness (QED) is 0.199. The Labute approximate surface area is 274 Å². The second-order valence-corrected chi connectivity index (χ2v) is 15.0. The second kappa shape index (κ2) is 16.4. The van der Waals surface area contributed by atoms with Crippen LogP contribution in [0.15, 0.2) is 0 Å². The van der Waals surface area contributed by atoms with Gasteiger partial charge in [-0.25, -0.2) is 0 Å². The summed E-state index contributed by atoms with van der Waals surface area (Å²) in [6.45, 7) is 19.3. The van der Waals surface area contributed by atoms with E-state index in [0.29, 0.717) is 24.9 Å². The first-order valence-corrected chi connectivity index (χ1v) is 17.0. The van der Waals surface area contributed by atoms with Crippen LogP contribution in [0.2, 0.25) is 0 Å². The van der Waals surface area contributed by atoms with E-state index in [1.165, 1.54) is 0 Å². The molecule has 0 spiro atoms. The summed E-state index contributed by atoms with van der Waals surface area (Å²) in [4.78, 5) is 57.2. The van der Waals surface area contributed by atoms with Crippen LogP contribution >= 0.6 is 0 Å². The highest BCUT2D eigenvalue weighted by molar-refractivity contribution is 5.79. The van der Waals surface area contributed by atoms with Gasteiger partial charge in [0.2, 0.25) is 6.29 Å². The van der Waals surface area contributed by atoms with Gasteiger partial charge in [0.25, 0.3) is 0 Å². The molecule has 0 aromatic carbocycles. The molecule has 1 N–H and O–H groups in total. The molecule has 46 heavy (non-hydrogen) atoms. The minimum absolute atomic E-state index is 0.0779. The lowest BCUT2D eigenvalue weighted by Crippen LogP contribution is -2.39. The average Bonchev–Trinajstić information content (AvgIpc) is 3.63. The van der Waals surface area contributed by atoms with Crippen molar-refractivity contribution < 1.29 is 52.8 Å². The fraction of sp³-hybridized carbons (Fsp3) is 0.857. The van der Waals surface area contributed by atoms with Gasteiger partial charge in [-0.05, 0) is 93.4 Å². The maximum atomic E-state index is 12.1. The lowest BCUT2D eigenvalue weighted by atomic mass is 9.87. The van der Waals surface area contributed by atoms with Crippen LogP contribution in [0.25, 0.3) is 0 Å². The number of rotatable bonds is 11. The summed E-state index contributed by atoms with van der Waals surface area (Å²) in [6, 6.07) is 0. The Morgan fingerprint density at radius 1 is 0.848 bits per heavy atom. The third-order valence-electron chi connectivity index (χ3n) is 10.1. The summed E-state index contributed by atoms with van der Waals surface area (Å²) in [5.74, 6) is -0.990. The summed E-state index contributed by atoms with van der Waals surface area (Å²) in [5.41, 5.74) is -1.38. The number of fused-ring (bicyclic) bond motifs is 1. The highest BCUT2D eigenvalue weighted by Gasteiger charge is 2.63. The molecule has 0 radical (unpaired) electrons. The third kappa shape index (κ3) is 10.4. The van der Waals surface area contributed by atoms with Gasteiger partial charge in [0.15, 0.2) is 0 Å². The summed E-state index contributed by atoms with van der Waals surface area (Å²) in [5, 5.41) is 8.47. The average molecular weight is 655 g/mol. The molecule has 0 aromatic rings. The van der Waals surface area contributed by atoms with E-state index in [1.54, 1.807) is 20.8 Å². The lowest BCUT2D eigenvalue weighted by Gasteiger charge is -2.29. The Hall–Kier alpha value is -2.69. The molecular formula is C35H58O11. The van der Waals surface area contributed by atoms with Crippen molar-refractivity contribution in [1.82, 2.24) is 0 Å². The van der Waals surface area contributed by atoms with Crippen LogP contribution < -0.4 is 0 Å². The van der Waals surface area contributed by atoms with Crippen LogP contribution in [-0.2, 0) is 47.7 Å². The summed E-state index contributed by atoms with van der Waals surface area (Å²) in [7, 11) is 0. The molecule has 2 bridgehead atoms. The van der Waals surface area contributed by atoms with E-state index < -0.39 is 22.9 Å². The molecule has 4 fully saturated rings. The first kappa shape index (κ1) is 39.5. The van der Waals surface area contributed by atoms with Gasteiger partial charge in [-0.15, -0.1) is 0 Å². The summed E-state index contributed by atoms with van der Waals surface area (Å²) in [6.07, 6.45) is 5.65. The minimum atomic E-state index is -0.959. The fourth-order valence-corrected chi connectivity index (χ4v) is 5.49. The molecule has 0 amide bonds. The topological polar surface area (TPSA) is 152 Å². The van der Waals surface area contributed by atoms with E-state index in [-0.39, 0.29) is 60.1 Å². The van der Waals surface area contributed by atoms with E-state index in [4.69, 9.17) is 28.8 Å². The van der Waals surface area contributed by atoms with Gasteiger partial charge in [0.1, 0.15) is 18.3 Å². The SMILES string of the molecule is CCC(C)(C)C(=O)OC(C)CC(=O)O.CCC(C)(C)C(=O)OC1C2CC3C(=O)OC1C3C2.CCC(C)(C)C(=O)OC1CCCCO1. The van der Waals surface area contributed by atoms with Crippen molar-refractivity contribution in [3.63, 3.8) is 0 Å². The van der Waals surface area contributed by atoms with Crippen molar-refractivity contribution in [1.29, 1.82) is 0 Å². The molecule has 2 aliphatic heterocycles. The summed E-state index contributed by atoms with van der Waals surface area (Å²) < 4.78 is 26.7. The molecule has 7 unspecified atom stereocenters. The van der Waals surface area contributed by atoms with E-state index in [0.717, 1.165) is 44.9 Å². The maximum Gasteiger partial charge on any atom is 0.313 e. The van der Waals surface area contributed by atoms with Gasteiger partial charge >= 0.3 is 29.8 Å². The Kier molecular flexibility index (Phi) is 14.1. The second-order valence-electron chi connectivity index (χ2n) is 15.0. The predicted octanol–water partition coefficient (Wildman–Crippen LogP) is 6.24. The van der Waals surface area contributed by atoms with Gasteiger partial charge in [0.05, 0.1) is 35.2 Å². The van der Waals surface area contributed by atoms with E-state index in [1.807, 2.05) is 48.5 Å². The third-order valence-corrected chi connectivity index (χ3v) is 10.1. The number of carboxylic acids is 1. The maximum absolute atomic E-state index is 12.1. The molecule has 2 aliphatic carbocycles. The molecule has 0 aromatic heterocycles. The fourth-order valence-electron chi connectivity index (χ4n) is 5.49. The van der Waals surface area contributed by atoms with Crippen LogP contribution in [0.5, 0.6) is 0 Å². The molecule has 2 heterocycles. The largest absolute Gasteiger partial charge is 0.481 e. The number of hydrogen-bond acceptors (Lipinski definition) is 10. The van der Waals surface area contributed by atoms with Gasteiger partial charge in [-0.3, -0.25) is 24.0 Å². The van der Waals surface area contributed by atoms with Crippen molar-refractivity contribution in [3.05, 3.63) is 0 Å². The van der Waals surface area contributed by atoms with Crippen LogP contribution in [0.3, 0.4) is 0 Å². The zero-order valence-electron chi connectivity index (χ0n) is 29.6. The predicted molar refractivity (Wildman–Crippen MR) is 169 cm³/mol. The van der Waals surface area contributed by atoms with Crippen LogP contribution in [0.4, 0.5) is 0 Å². The van der Waals surface area contributed by atoms with E-state index in [2.05, 4.69) is 0 Å². The molecule has 11 heteroatoms. The molecule has 4 rings (SSSR count). The van der Waals surface area contributed by atoms with Gasteiger partial charge in [-0.2, -0.15) is 0 Å². The number of ether oxygens (including phenoxy) is 5. The molecule has 2 saturated heterocycles. The number of hydrogen-bond donors (Lipinski definition) is 1. The Morgan fingerprint density at radius 3 is 1.89 bits per heavy atom. The highest BCUT2D eigenvalue weighted by Crippen LogP contribution is 2.55. The lowest BCUT2D eigenvalue weighted by molar-refractivity contribution is -0.196. The number of aliphatic carboxylic acids is 1. The van der Waals surface area contributed by atoms with Crippen LogP contribution in [-0.4, -0.2) is 66.2 Å². The number of esters is 4. The molecule has 2 saturated carbocycles. The van der Waals surface area contributed by atoms with Crippen molar-refractivity contribution >= 4 is 29.8 Å². The normalized spacial score (nSPS) is 27.2. The number of carbonyl (C=O) groups is 5. The highest BCUT2D eigenvalue weighted by atomic mass is 16.7. The first-order chi connectivity index (χ1) is 21.3. The van der Waals surface area contributed by atoms with Crippen molar-refractivity contribution in [3.8, 4) is 0 Å².